The van der Waals surface area contributed by atoms with Gasteiger partial charge in [-0.05, 0) is 42.5 Å². The number of aromatic nitrogens is 1. The monoisotopic (exact) mass is 469 g/mol. The molecule has 0 bridgehead atoms. The highest BCUT2D eigenvalue weighted by Gasteiger charge is 2.17. The Balaban J connectivity index is 1.72. The number of rotatable bonds is 5. The fourth-order valence-corrected chi connectivity index (χ4v) is 4.35. The summed E-state index contributed by atoms with van der Waals surface area (Å²) in [5.41, 5.74) is -0.0166. The summed E-state index contributed by atoms with van der Waals surface area (Å²) in [5, 5.41) is 21.5. The lowest BCUT2D eigenvalue weighted by molar-refractivity contribution is 0.452. The predicted octanol–water partition coefficient (Wildman–Crippen LogP) is 4.14. The number of halogens is 1. The van der Waals surface area contributed by atoms with E-state index in [0.717, 1.165) is 0 Å². The standard InChI is InChI=1S/C22H16ClN3O5S/c23-13-4-3-5-14(10-13)26-32(30,31)15-8-9-20(27)19(11-15)24-12-18-16-6-1-2-7-17(16)21(28)25-22(18)29/h1-12,26-27H,(H2,25,28,29). The number of fused-ring (bicyclic) bond motifs is 1. The van der Waals surface area contributed by atoms with Gasteiger partial charge in [0.1, 0.15) is 11.4 Å². The molecule has 0 aliphatic heterocycles. The van der Waals surface area contributed by atoms with E-state index >= 15 is 0 Å². The average molecular weight is 470 g/mol. The Morgan fingerprint density at radius 3 is 2.47 bits per heavy atom. The van der Waals surface area contributed by atoms with Crippen LogP contribution in [0.15, 0.2) is 81.4 Å². The van der Waals surface area contributed by atoms with E-state index in [1.807, 2.05) is 0 Å². The minimum absolute atomic E-state index is 0.0475. The number of aromatic hydroxyl groups is 2. The predicted molar refractivity (Wildman–Crippen MR) is 124 cm³/mol. The Morgan fingerprint density at radius 1 is 0.969 bits per heavy atom. The molecule has 32 heavy (non-hydrogen) atoms. The van der Waals surface area contributed by atoms with Crippen LogP contribution in [0.3, 0.4) is 0 Å². The van der Waals surface area contributed by atoms with Crippen molar-refractivity contribution in [2.24, 2.45) is 4.99 Å². The van der Waals surface area contributed by atoms with Crippen LogP contribution in [0.1, 0.15) is 5.56 Å². The molecule has 0 atom stereocenters. The number of nitrogens with zero attached hydrogens (tertiary/aromatic N) is 1. The highest BCUT2D eigenvalue weighted by molar-refractivity contribution is 7.92. The van der Waals surface area contributed by atoms with Gasteiger partial charge in [0.15, 0.2) is 0 Å². The third-order valence-corrected chi connectivity index (χ3v) is 6.23. The summed E-state index contributed by atoms with van der Waals surface area (Å²) in [5.74, 6) is -0.667. The summed E-state index contributed by atoms with van der Waals surface area (Å²) < 4.78 is 27.9. The van der Waals surface area contributed by atoms with Crippen LogP contribution in [0.4, 0.5) is 11.4 Å². The van der Waals surface area contributed by atoms with Gasteiger partial charge >= 0.3 is 0 Å². The molecular formula is C22H16ClN3O5S. The first-order valence-electron chi connectivity index (χ1n) is 9.24. The zero-order valence-corrected chi connectivity index (χ0v) is 17.9. The lowest BCUT2D eigenvalue weighted by atomic mass is 10.1. The summed E-state index contributed by atoms with van der Waals surface area (Å²) in [6, 6.07) is 16.5. The number of aliphatic imine (C=N–C) groups is 1. The molecule has 0 unspecified atom stereocenters. The van der Waals surface area contributed by atoms with Gasteiger partial charge in [-0.25, -0.2) is 8.42 Å². The van der Waals surface area contributed by atoms with Gasteiger partial charge in [-0.2, -0.15) is 0 Å². The van der Waals surface area contributed by atoms with Gasteiger partial charge in [-0.1, -0.05) is 35.9 Å². The van der Waals surface area contributed by atoms with Crippen LogP contribution in [-0.2, 0) is 10.0 Å². The van der Waals surface area contributed by atoms with Crippen molar-refractivity contribution in [3.05, 3.63) is 87.7 Å². The van der Waals surface area contributed by atoms with E-state index < -0.39 is 21.5 Å². The van der Waals surface area contributed by atoms with Crippen LogP contribution >= 0.6 is 11.6 Å². The number of nitrogens with one attached hydrogen (secondary N) is 2. The smallest absolute Gasteiger partial charge is 0.261 e. The van der Waals surface area contributed by atoms with Crippen molar-refractivity contribution in [1.82, 2.24) is 4.98 Å². The zero-order chi connectivity index (χ0) is 22.9. The largest absolute Gasteiger partial charge is 0.506 e. The Morgan fingerprint density at radius 2 is 1.72 bits per heavy atom. The van der Waals surface area contributed by atoms with Crippen LogP contribution in [0.25, 0.3) is 10.8 Å². The molecule has 1 heterocycles. The first kappa shape index (κ1) is 21.4. The van der Waals surface area contributed by atoms with E-state index in [4.69, 9.17) is 11.6 Å². The maximum atomic E-state index is 12.7. The van der Waals surface area contributed by atoms with Crippen LogP contribution in [0, 0.1) is 0 Å². The molecule has 1 aromatic heterocycles. The Kier molecular flexibility index (Phi) is 5.60. The minimum atomic E-state index is -3.99. The molecule has 4 aromatic rings. The lowest BCUT2D eigenvalue weighted by Crippen LogP contribution is -2.12. The number of hydrogen-bond acceptors (Lipinski definition) is 6. The van der Waals surface area contributed by atoms with Crippen molar-refractivity contribution in [1.29, 1.82) is 0 Å². The normalized spacial score (nSPS) is 11.8. The van der Waals surface area contributed by atoms with Gasteiger partial charge in [0, 0.05) is 22.0 Å². The molecule has 10 heteroatoms. The number of H-pyrrole nitrogens is 1. The van der Waals surface area contributed by atoms with Crippen molar-refractivity contribution in [2.75, 3.05) is 4.72 Å². The molecule has 0 amide bonds. The second kappa shape index (κ2) is 8.37. The van der Waals surface area contributed by atoms with E-state index in [1.165, 1.54) is 30.5 Å². The molecule has 162 valence electrons. The summed E-state index contributed by atoms with van der Waals surface area (Å²) in [6.45, 7) is 0. The van der Waals surface area contributed by atoms with Crippen molar-refractivity contribution in [3.63, 3.8) is 0 Å². The number of phenolic OH excluding ortho intramolecular Hbond substituents is 1. The molecule has 4 rings (SSSR count). The van der Waals surface area contributed by atoms with Crippen molar-refractivity contribution < 1.29 is 18.6 Å². The van der Waals surface area contributed by atoms with Crippen LogP contribution in [0.5, 0.6) is 11.6 Å². The summed E-state index contributed by atoms with van der Waals surface area (Å²) in [4.78, 5) is 18.4. The summed E-state index contributed by atoms with van der Waals surface area (Å²) in [7, 11) is -3.99. The van der Waals surface area contributed by atoms with Crippen molar-refractivity contribution >= 4 is 50.0 Å². The number of sulfonamides is 1. The Bertz CT molecular complexity index is 1530. The fraction of sp³-hybridized carbons (Fsp3) is 0. The highest BCUT2D eigenvalue weighted by Crippen LogP contribution is 2.31. The summed E-state index contributed by atoms with van der Waals surface area (Å²) in [6.07, 6.45) is 1.24. The fourth-order valence-electron chi connectivity index (χ4n) is 3.09. The van der Waals surface area contributed by atoms with Gasteiger partial charge in [0.25, 0.3) is 15.6 Å². The number of anilines is 1. The van der Waals surface area contributed by atoms with Crippen LogP contribution in [0.2, 0.25) is 5.02 Å². The van der Waals surface area contributed by atoms with E-state index in [1.54, 1.807) is 42.5 Å². The molecule has 0 spiro atoms. The molecule has 0 saturated carbocycles. The minimum Gasteiger partial charge on any atom is -0.506 e. The van der Waals surface area contributed by atoms with E-state index in [0.29, 0.717) is 15.8 Å². The van der Waals surface area contributed by atoms with Crippen molar-refractivity contribution in [3.8, 4) is 11.6 Å². The van der Waals surface area contributed by atoms with E-state index in [2.05, 4.69) is 14.7 Å². The number of hydrogen-bond donors (Lipinski definition) is 4. The molecule has 0 saturated heterocycles. The number of benzene rings is 3. The molecular weight excluding hydrogens is 454 g/mol. The topological polar surface area (TPSA) is 132 Å². The van der Waals surface area contributed by atoms with Crippen LogP contribution in [-0.4, -0.2) is 29.8 Å². The third kappa shape index (κ3) is 4.29. The zero-order valence-electron chi connectivity index (χ0n) is 16.3. The van der Waals surface area contributed by atoms with E-state index in [-0.39, 0.29) is 27.6 Å². The molecule has 0 radical (unpaired) electrons. The quantitative estimate of drug-likeness (QED) is 0.326. The molecule has 0 fully saturated rings. The second-order valence-corrected chi connectivity index (χ2v) is 8.91. The van der Waals surface area contributed by atoms with Crippen LogP contribution < -0.4 is 10.3 Å². The second-order valence-electron chi connectivity index (χ2n) is 6.79. The lowest BCUT2D eigenvalue weighted by Gasteiger charge is -2.10. The number of phenols is 1. The van der Waals surface area contributed by atoms with Gasteiger partial charge in [0.05, 0.1) is 16.1 Å². The molecule has 0 aliphatic carbocycles. The van der Waals surface area contributed by atoms with Gasteiger partial charge in [-0.15, -0.1) is 0 Å². The Labute approximate surface area is 187 Å². The van der Waals surface area contributed by atoms with Gasteiger partial charge in [0.2, 0.25) is 5.88 Å². The van der Waals surface area contributed by atoms with Gasteiger partial charge in [-0.3, -0.25) is 19.5 Å². The number of pyridine rings is 1. The summed E-state index contributed by atoms with van der Waals surface area (Å²) >= 11 is 5.90. The Hall–Kier alpha value is -3.82. The number of aromatic amines is 1. The van der Waals surface area contributed by atoms with Gasteiger partial charge < -0.3 is 10.2 Å². The first-order chi connectivity index (χ1) is 15.2. The van der Waals surface area contributed by atoms with E-state index in [9.17, 15) is 23.4 Å². The molecule has 3 aromatic carbocycles. The molecule has 0 aliphatic rings. The SMILES string of the molecule is O=c1[nH]c(O)c(C=Nc2cc(S(=O)(=O)Nc3cccc(Cl)c3)ccc2O)c2ccccc12. The third-order valence-electron chi connectivity index (χ3n) is 4.62. The first-order valence-corrected chi connectivity index (χ1v) is 11.1. The average Bonchev–Trinajstić information content (AvgIpc) is 2.74. The molecule has 8 nitrogen and oxygen atoms in total. The van der Waals surface area contributed by atoms with Crippen molar-refractivity contribution in [2.45, 2.75) is 4.90 Å². The maximum Gasteiger partial charge on any atom is 0.261 e. The molecule has 4 N–H and O–H groups in total. The maximum absolute atomic E-state index is 12.7. The highest BCUT2D eigenvalue weighted by atomic mass is 35.5.